The highest BCUT2D eigenvalue weighted by atomic mass is 16.6. The minimum absolute atomic E-state index is 0.0717. The van der Waals surface area contributed by atoms with Crippen LogP contribution in [0, 0.1) is 0 Å². The van der Waals surface area contributed by atoms with Crippen LogP contribution in [-0.2, 0) is 14.0 Å². The van der Waals surface area contributed by atoms with Crippen LogP contribution >= 0.6 is 0 Å². The molecule has 1 rings (SSSR count). The number of rotatable bonds is 5. The fraction of sp³-hybridized carbons (Fsp3) is 1.00. The Hall–Kier alpha value is -0.0301. The maximum absolute atomic E-state index is 9.69. The maximum Gasteiger partial charge on any atom is 0.439 e. The van der Waals surface area contributed by atoms with Crippen molar-refractivity contribution in [2.75, 3.05) is 0 Å². The zero-order valence-electron chi connectivity index (χ0n) is 12.4. The second-order valence-corrected chi connectivity index (χ2v) is 6.50. The smallest absolute Gasteiger partial charge is 0.439 e. The Labute approximate surface area is 112 Å². The molecule has 1 radical (unpaired) electrons. The molecule has 18 heavy (non-hydrogen) atoms. The van der Waals surface area contributed by atoms with E-state index in [9.17, 15) is 5.11 Å². The summed E-state index contributed by atoms with van der Waals surface area (Å²) in [4.78, 5) is 0. The van der Waals surface area contributed by atoms with E-state index in [1.807, 2.05) is 27.7 Å². The Balaban J connectivity index is 2.34. The van der Waals surface area contributed by atoms with Crippen molar-refractivity contribution in [3.05, 3.63) is 0 Å². The Kier molecular flexibility index (Phi) is 5.30. The van der Waals surface area contributed by atoms with Gasteiger partial charge in [-0.3, -0.25) is 0 Å². The van der Waals surface area contributed by atoms with Crippen molar-refractivity contribution in [3.63, 3.8) is 0 Å². The highest BCUT2D eigenvalue weighted by Crippen LogP contribution is 2.25. The first kappa shape index (κ1) is 16.0. The average Bonchev–Trinajstić information content (AvgIpc) is 2.08. The fourth-order valence-corrected chi connectivity index (χ4v) is 2.37. The van der Waals surface area contributed by atoms with E-state index in [2.05, 4.69) is 0 Å². The summed E-state index contributed by atoms with van der Waals surface area (Å²) >= 11 is 0. The molecule has 103 valence electrons. The summed E-state index contributed by atoms with van der Waals surface area (Å²) in [6, 6.07) is 0. The summed E-state index contributed by atoms with van der Waals surface area (Å²) in [7, 11) is 1.15. The van der Waals surface area contributed by atoms with Crippen molar-refractivity contribution in [3.8, 4) is 0 Å². The molecular formula is C12H25B2O4. The molecule has 0 aromatic heterocycles. The Morgan fingerprint density at radius 1 is 1.56 bits per heavy atom. The predicted octanol–water partition coefficient (Wildman–Crippen LogP) is 1.76. The summed E-state index contributed by atoms with van der Waals surface area (Å²) in [6.45, 7) is 11.6. The van der Waals surface area contributed by atoms with Crippen molar-refractivity contribution in [1.82, 2.24) is 0 Å². The first-order chi connectivity index (χ1) is 8.07. The van der Waals surface area contributed by atoms with Gasteiger partial charge in [-0.2, -0.15) is 0 Å². The molecule has 0 aromatic rings. The lowest BCUT2D eigenvalue weighted by Crippen LogP contribution is -2.50. The van der Waals surface area contributed by atoms with Crippen molar-refractivity contribution in [2.45, 2.75) is 77.8 Å². The third-order valence-corrected chi connectivity index (χ3v) is 2.79. The molecular weight excluding hydrogens is 230 g/mol. The summed E-state index contributed by atoms with van der Waals surface area (Å²) in [5.41, 5.74) is -0.921. The predicted molar refractivity (Wildman–Crippen MR) is 73.3 cm³/mol. The molecule has 2 atom stereocenters. The van der Waals surface area contributed by atoms with Gasteiger partial charge in [0.05, 0.1) is 11.2 Å². The Bertz CT molecular complexity index is 265. The van der Waals surface area contributed by atoms with E-state index in [0.29, 0.717) is 6.42 Å². The third kappa shape index (κ3) is 6.23. The molecule has 0 spiro atoms. The average molecular weight is 255 g/mol. The molecule has 1 fully saturated rings. The van der Waals surface area contributed by atoms with Gasteiger partial charge in [0.15, 0.2) is 0 Å². The second-order valence-electron chi connectivity index (χ2n) is 6.50. The lowest BCUT2D eigenvalue weighted by atomic mass is 9.54. The molecule has 4 nitrogen and oxygen atoms in total. The van der Waals surface area contributed by atoms with E-state index in [1.165, 1.54) is 0 Å². The molecule has 0 aliphatic carbocycles. The quantitative estimate of drug-likeness (QED) is 0.760. The van der Waals surface area contributed by atoms with Crippen molar-refractivity contribution < 1.29 is 19.1 Å². The fourth-order valence-electron chi connectivity index (χ4n) is 2.37. The molecule has 1 N–H and O–H groups in total. The minimum atomic E-state index is -0.728. The topological polar surface area (TPSA) is 47.9 Å². The molecule has 0 saturated carbocycles. The third-order valence-electron chi connectivity index (χ3n) is 2.79. The number of hydrogen-bond acceptors (Lipinski definition) is 4. The second kappa shape index (κ2) is 5.95. The van der Waals surface area contributed by atoms with Crippen LogP contribution in [0.4, 0.5) is 0 Å². The van der Waals surface area contributed by atoms with Gasteiger partial charge < -0.3 is 19.1 Å². The molecule has 6 heteroatoms. The summed E-state index contributed by atoms with van der Waals surface area (Å²) in [5, 5.41) is 9.69. The van der Waals surface area contributed by atoms with E-state index in [1.54, 1.807) is 21.2 Å². The molecule has 1 saturated heterocycles. The van der Waals surface area contributed by atoms with Crippen LogP contribution in [0.15, 0.2) is 0 Å². The van der Waals surface area contributed by atoms with Gasteiger partial charge in [-0.05, 0) is 54.4 Å². The Morgan fingerprint density at radius 2 is 2.17 bits per heavy atom. The molecule has 1 heterocycles. The van der Waals surface area contributed by atoms with Crippen molar-refractivity contribution in [2.24, 2.45) is 0 Å². The summed E-state index contributed by atoms with van der Waals surface area (Å²) in [6.07, 6.45) is 1.52. The minimum Gasteiger partial charge on any atom is -0.440 e. The lowest BCUT2D eigenvalue weighted by Gasteiger charge is -2.38. The molecule has 1 aliphatic rings. The van der Waals surface area contributed by atoms with Crippen LogP contribution in [0.2, 0.25) is 0 Å². The largest absolute Gasteiger partial charge is 0.440 e. The van der Waals surface area contributed by atoms with Gasteiger partial charge in [0.25, 0.3) is 0 Å². The summed E-state index contributed by atoms with van der Waals surface area (Å²) in [5.74, 6) is 0. The van der Waals surface area contributed by atoms with Crippen LogP contribution in [-0.4, -0.2) is 42.9 Å². The molecule has 0 amide bonds. The number of aliphatic hydroxyl groups is 1. The molecule has 1 aliphatic heterocycles. The van der Waals surface area contributed by atoms with Gasteiger partial charge in [0, 0.05) is 12.2 Å². The van der Waals surface area contributed by atoms with Gasteiger partial charge >= 0.3 is 14.4 Å². The van der Waals surface area contributed by atoms with E-state index in [0.717, 1.165) is 6.42 Å². The van der Waals surface area contributed by atoms with E-state index in [4.69, 9.17) is 14.0 Å². The van der Waals surface area contributed by atoms with Crippen LogP contribution in [0.25, 0.3) is 0 Å². The SMILES string of the molecule is CC(CC(C)(C)O)O[B]B1OC(C)CC(C)(C)O1. The van der Waals surface area contributed by atoms with Gasteiger partial charge in [-0.25, -0.2) is 0 Å². The van der Waals surface area contributed by atoms with E-state index in [-0.39, 0.29) is 17.8 Å². The molecule has 0 aromatic carbocycles. The standard InChI is InChI=1S/C12H25B2O4/c1-9(7-11(3,4)15)16-13-14-17-10(2)8-12(5,6)18-14/h9-10,15H,7-8H2,1-6H3. The van der Waals surface area contributed by atoms with Crippen molar-refractivity contribution in [1.29, 1.82) is 0 Å². The Morgan fingerprint density at radius 3 is 2.67 bits per heavy atom. The van der Waals surface area contributed by atoms with Crippen LogP contribution in [0.5, 0.6) is 0 Å². The van der Waals surface area contributed by atoms with Crippen LogP contribution in [0.1, 0.15) is 54.4 Å². The first-order valence-corrected chi connectivity index (χ1v) is 6.62. The normalized spacial score (nSPS) is 25.9. The van der Waals surface area contributed by atoms with Gasteiger partial charge in [0.1, 0.15) is 0 Å². The first-order valence-electron chi connectivity index (χ1n) is 6.62. The van der Waals surface area contributed by atoms with E-state index >= 15 is 0 Å². The van der Waals surface area contributed by atoms with Gasteiger partial charge in [-0.15, -0.1) is 0 Å². The monoisotopic (exact) mass is 255 g/mol. The molecule has 2 unspecified atom stereocenters. The van der Waals surface area contributed by atoms with E-state index < -0.39 is 12.6 Å². The van der Waals surface area contributed by atoms with Gasteiger partial charge in [-0.1, -0.05) is 0 Å². The number of hydrogen-bond donors (Lipinski definition) is 1. The highest BCUT2D eigenvalue weighted by molar-refractivity contribution is 7.02. The molecule has 0 bridgehead atoms. The lowest BCUT2D eigenvalue weighted by molar-refractivity contribution is -0.0232. The van der Waals surface area contributed by atoms with Crippen LogP contribution < -0.4 is 0 Å². The zero-order chi connectivity index (χ0) is 14.0. The summed E-state index contributed by atoms with van der Waals surface area (Å²) < 4.78 is 17.0. The zero-order valence-corrected chi connectivity index (χ0v) is 12.4. The van der Waals surface area contributed by atoms with Crippen LogP contribution in [0.3, 0.4) is 0 Å². The maximum atomic E-state index is 9.69. The van der Waals surface area contributed by atoms with Crippen molar-refractivity contribution >= 4 is 14.4 Å². The van der Waals surface area contributed by atoms with Gasteiger partial charge in [0.2, 0.25) is 0 Å². The highest BCUT2D eigenvalue weighted by Gasteiger charge is 2.38.